The molecule has 21 heavy (non-hydrogen) atoms. The second kappa shape index (κ2) is 8.47. The maximum atomic E-state index is 5.90. The highest BCUT2D eigenvalue weighted by atomic mass is 35.5. The van der Waals surface area contributed by atoms with Crippen LogP contribution in [0.1, 0.15) is 17.5 Å². The SMILES string of the molecule is CN(C)CCCc1ccc(SCc2ccc(Cl)cc2)cc1. The van der Waals surface area contributed by atoms with Gasteiger partial charge < -0.3 is 4.90 Å². The van der Waals surface area contributed by atoms with Crippen molar-refractivity contribution in [2.75, 3.05) is 20.6 Å². The summed E-state index contributed by atoms with van der Waals surface area (Å²) in [4.78, 5) is 3.55. The van der Waals surface area contributed by atoms with E-state index in [4.69, 9.17) is 11.6 Å². The minimum Gasteiger partial charge on any atom is -0.309 e. The van der Waals surface area contributed by atoms with E-state index in [1.54, 1.807) is 0 Å². The standard InChI is InChI=1S/C18H22ClNS/c1-20(2)13-3-4-15-7-11-18(12-8-15)21-14-16-5-9-17(19)10-6-16/h5-12H,3-4,13-14H2,1-2H3. The summed E-state index contributed by atoms with van der Waals surface area (Å²) in [6.45, 7) is 1.15. The number of aryl methyl sites for hydroxylation is 1. The van der Waals surface area contributed by atoms with E-state index in [9.17, 15) is 0 Å². The lowest BCUT2D eigenvalue weighted by Gasteiger charge is -2.09. The van der Waals surface area contributed by atoms with Gasteiger partial charge in [0.25, 0.3) is 0 Å². The Morgan fingerprint density at radius 1 is 0.905 bits per heavy atom. The summed E-state index contributed by atoms with van der Waals surface area (Å²) in [6.07, 6.45) is 2.37. The molecule has 0 saturated carbocycles. The van der Waals surface area contributed by atoms with Gasteiger partial charge in [-0.25, -0.2) is 0 Å². The molecule has 0 fully saturated rings. The molecule has 0 bridgehead atoms. The molecule has 0 heterocycles. The van der Waals surface area contributed by atoms with Crippen LogP contribution < -0.4 is 0 Å². The molecule has 0 saturated heterocycles. The van der Waals surface area contributed by atoms with Gasteiger partial charge in [0.1, 0.15) is 0 Å². The van der Waals surface area contributed by atoms with E-state index in [2.05, 4.69) is 55.4 Å². The molecule has 112 valence electrons. The fourth-order valence-electron chi connectivity index (χ4n) is 2.10. The maximum Gasteiger partial charge on any atom is 0.0406 e. The first-order valence-corrected chi connectivity index (χ1v) is 8.61. The van der Waals surface area contributed by atoms with E-state index in [0.717, 1.165) is 23.7 Å². The molecular weight excluding hydrogens is 298 g/mol. The summed E-state index contributed by atoms with van der Waals surface area (Å²) in [5.74, 6) is 0.983. The second-order valence-electron chi connectivity index (χ2n) is 5.47. The third-order valence-electron chi connectivity index (χ3n) is 3.31. The van der Waals surface area contributed by atoms with E-state index in [1.165, 1.54) is 22.4 Å². The van der Waals surface area contributed by atoms with Crippen molar-refractivity contribution in [2.24, 2.45) is 0 Å². The van der Waals surface area contributed by atoms with Crippen LogP contribution in [0.3, 0.4) is 0 Å². The molecule has 0 aliphatic carbocycles. The highest BCUT2D eigenvalue weighted by Crippen LogP contribution is 2.24. The van der Waals surface area contributed by atoms with Gasteiger partial charge >= 0.3 is 0 Å². The lowest BCUT2D eigenvalue weighted by atomic mass is 10.1. The molecular formula is C18H22ClNS. The summed E-state index contributed by atoms with van der Waals surface area (Å²) in [5, 5.41) is 0.797. The summed E-state index contributed by atoms with van der Waals surface area (Å²) in [5.41, 5.74) is 2.73. The van der Waals surface area contributed by atoms with E-state index in [1.807, 2.05) is 23.9 Å². The minimum atomic E-state index is 0.797. The quantitative estimate of drug-likeness (QED) is 0.651. The number of nitrogens with zero attached hydrogens (tertiary/aromatic N) is 1. The van der Waals surface area contributed by atoms with Crippen LogP contribution >= 0.6 is 23.4 Å². The number of hydrogen-bond donors (Lipinski definition) is 0. The van der Waals surface area contributed by atoms with Crippen LogP contribution in [-0.4, -0.2) is 25.5 Å². The van der Waals surface area contributed by atoms with Gasteiger partial charge in [0.05, 0.1) is 0 Å². The first-order chi connectivity index (χ1) is 10.1. The summed E-state index contributed by atoms with van der Waals surface area (Å²) >= 11 is 7.76. The van der Waals surface area contributed by atoms with Crippen LogP contribution in [0.15, 0.2) is 53.4 Å². The molecule has 0 unspecified atom stereocenters. The number of rotatable bonds is 7. The van der Waals surface area contributed by atoms with Crippen molar-refractivity contribution in [1.29, 1.82) is 0 Å². The second-order valence-corrected chi connectivity index (χ2v) is 6.95. The van der Waals surface area contributed by atoms with Gasteiger partial charge in [0.15, 0.2) is 0 Å². The van der Waals surface area contributed by atoms with Gasteiger partial charge in [0.2, 0.25) is 0 Å². The molecule has 0 spiro atoms. The Kier molecular flexibility index (Phi) is 6.62. The van der Waals surface area contributed by atoms with Gasteiger partial charge in [-0.3, -0.25) is 0 Å². The largest absolute Gasteiger partial charge is 0.309 e. The summed E-state index contributed by atoms with van der Waals surface area (Å²) in [6, 6.07) is 17.0. The molecule has 0 atom stereocenters. The Balaban J connectivity index is 1.80. The van der Waals surface area contributed by atoms with E-state index in [-0.39, 0.29) is 0 Å². The normalized spacial score (nSPS) is 11.0. The molecule has 0 aliphatic rings. The Morgan fingerprint density at radius 2 is 1.52 bits per heavy atom. The van der Waals surface area contributed by atoms with Crippen molar-refractivity contribution in [3.63, 3.8) is 0 Å². The van der Waals surface area contributed by atoms with Crippen molar-refractivity contribution >= 4 is 23.4 Å². The van der Waals surface area contributed by atoms with E-state index in [0.29, 0.717) is 0 Å². The third-order valence-corrected chi connectivity index (χ3v) is 4.65. The fourth-order valence-corrected chi connectivity index (χ4v) is 3.08. The fraction of sp³-hybridized carbons (Fsp3) is 0.333. The molecule has 1 nitrogen and oxygen atoms in total. The zero-order valence-electron chi connectivity index (χ0n) is 12.7. The molecule has 2 rings (SSSR count). The Labute approximate surface area is 137 Å². The number of benzene rings is 2. The molecule has 2 aromatic rings. The molecule has 0 amide bonds. The first kappa shape index (κ1) is 16.4. The van der Waals surface area contributed by atoms with Gasteiger partial charge in [-0.2, -0.15) is 0 Å². The molecule has 0 aromatic heterocycles. The zero-order valence-corrected chi connectivity index (χ0v) is 14.3. The van der Waals surface area contributed by atoms with Crippen molar-refractivity contribution in [2.45, 2.75) is 23.5 Å². The summed E-state index contributed by atoms with van der Waals surface area (Å²) < 4.78 is 0. The highest BCUT2D eigenvalue weighted by Gasteiger charge is 1.99. The van der Waals surface area contributed by atoms with Crippen molar-refractivity contribution < 1.29 is 0 Å². The van der Waals surface area contributed by atoms with E-state index >= 15 is 0 Å². The van der Waals surface area contributed by atoms with Crippen molar-refractivity contribution in [1.82, 2.24) is 4.90 Å². The topological polar surface area (TPSA) is 3.24 Å². The molecule has 2 aromatic carbocycles. The maximum absolute atomic E-state index is 5.90. The predicted molar refractivity (Wildman–Crippen MR) is 94.3 cm³/mol. The predicted octanol–water partition coefficient (Wildman–Crippen LogP) is 5.13. The van der Waals surface area contributed by atoms with Crippen LogP contribution in [-0.2, 0) is 12.2 Å². The lowest BCUT2D eigenvalue weighted by Crippen LogP contribution is -2.13. The van der Waals surface area contributed by atoms with Crippen LogP contribution in [0, 0.1) is 0 Å². The highest BCUT2D eigenvalue weighted by molar-refractivity contribution is 7.98. The van der Waals surface area contributed by atoms with Crippen LogP contribution in [0.2, 0.25) is 5.02 Å². The van der Waals surface area contributed by atoms with Gasteiger partial charge in [0, 0.05) is 15.7 Å². The monoisotopic (exact) mass is 319 g/mol. The third kappa shape index (κ3) is 6.13. The lowest BCUT2D eigenvalue weighted by molar-refractivity contribution is 0.400. The van der Waals surface area contributed by atoms with Crippen molar-refractivity contribution in [3.8, 4) is 0 Å². The zero-order chi connectivity index (χ0) is 15.1. The molecule has 0 radical (unpaired) electrons. The van der Waals surface area contributed by atoms with Crippen LogP contribution in [0.4, 0.5) is 0 Å². The Morgan fingerprint density at radius 3 is 2.14 bits per heavy atom. The minimum absolute atomic E-state index is 0.797. The number of hydrogen-bond acceptors (Lipinski definition) is 2. The van der Waals surface area contributed by atoms with Gasteiger partial charge in [-0.05, 0) is 68.9 Å². The Bertz CT molecular complexity index is 534. The summed E-state index contributed by atoms with van der Waals surface area (Å²) in [7, 11) is 4.24. The molecule has 0 aliphatic heterocycles. The first-order valence-electron chi connectivity index (χ1n) is 7.24. The van der Waals surface area contributed by atoms with Gasteiger partial charge in [-0.15, -0.1) is 11.8 Å². The smallest absolute Gasteiger partial charge is 0.0406 e. The van der Waals surface area contributed by atoms with Crippen LogP contribution in [0.5, 0.6) is 0 Å². The Hall–Kier alpha value is -0.960. The van der Waals surface area contributed by atoms with Crippen LogP contribution in [0.25, 0.3) is 0 Å². The van der Waals surface area contributed by atoms with Crippen molar-refractivity contribution in [3.05, 3.63) is 64.7 Å². The van der Waals surface area contributed by atoms with E-state index < -0.39 is 0 Å². The molecule has 3 heteroatoms. The number of halogens is 1. The average Bonchev–Trinajstić information content (AvgIpc) is 2.48. The average molecular weight is 320 g/mol. The number of thioether (sulfide) groups is 1. The molecule has 0 N–H and O–H groups in total. The van der Waals surface area contributed by atoms with Gasteiger partial charge in [-0.1, -0.05) is 35.9 Å².